The second-order valence-electron chi connectivity index (χ2n) is 8.53. The van der Waals surface area contributed by atoms with Gasteiger partial charge in [-0.25, -0.2) is 14.4 Å². The summed E-state index contributed by atoms with van der Waals surface area (Å²) in [4.78, 5) is 26.5. The van der Waals surface area contributed by atoms with Crippen molar-refractivity contribution in [3.05, 3.63) is 102 Å². The first-order valence-corrected chi connectivity index (χ1v) is 11.5. The maximum Gasteiger partial charge on any atom is 0.252 e. The highest BCUT2D eigenvalue weighted by atomic mass is 19.1. The summed E-state index contributed by atoms with van der Waals surface area (Å²) in [6.45, 7) is 1.90. The molecule has 1 amide bonds. The minimum Gasteiger partial charge on any atom is -0.494 e. The summed E-state index contributed by atoms with van der Waals surface area (Å²) in [5.74, 6) is -0.335. The van der Waals surface area contributed by atoms with Crippen LogP contribution in [0.5, 0.6) is 5.75 Å². The Balaban J connectivity index is 1.44. The number of pyridine rings is 1. The van der Waals surface area contributed by atoms with Crippen LogP contribution in [0.2, 0.25) is 0 Å². The van der Waals surface area contributed by atoms with Crippen molar-refractivity contribution >= 4 is 28.4 Å². The van der Waals surface area contributed by atoms with E-state index in [1.54, 1.807) is 60.8 Å². The number of carbonyl (C=O) groups is 1. The van der Waals surface area contributed by atoms with Crippen LogP contribution in [0.4, 0.5) is 16.0 Å². The number of carbonyl (C=O) groups excluding carboxylic acids is 1. The Kier molecular flexibility index (Phi) is 6.46. The minimum atomic E-state index is -0.630. The molecule has 3 aromatic heterocycles. The van der Waals surface area contributed by atoms with E-state index in [1.165, 1.54) is 19.2 Å². The Bertz CT molecular complexity index is 1600. The number of ether oxygens (including phenoxy) is 1. The second kappa shape index (κ2) is 10.0. The van der Waals surface area contributed by atoms with E-state index in [9.17, 15) is 9.18 Å². The van der Waals surface area contributed by atoms with E-state index in [0.717, 1.165) is 16.8 Å². The Hall–Kier alpha value is -4.86. The van der Waals surface area contributed by atoms with Crippen molar-refractivity contribution < 1.29 is 13.9 Å². The normalized spacial score (nSPS) is 11.8. The van der Waals surface area contributed by atoms with Crippen molar-refractivity contribution in [1.29, 1.82) is 0 Å². The molecular weight excluding hydrogens is 473 g/mol. The Labute approximate surface area is 212 Å². The number of methoxy groups -OCH3 is 1. The van der Waals surface area contributed by atoms with Crippen molar-refractivity contribution in [2.45, 2.75) is 13.0 Å². The van der Waals surface area contributed by atoms with Gasteiger partial charge >= 0.3 is 0 Å². The van der Waals surface area contributed by atoms with E-state index in [2.05, 4.69) is 30.7 Å². The lowest BCUT2D eigenvalue weighted by Crippen LogP contribution is -2.29. The van der Waals surface area contributed by atoms with Crippen molar-refractivity contribution in [1.82, 2.24) is 30.0 Å². The van der Waals surface area contributed by atoms with Gasteiger partial charge in [0.25, 0.3) is 5.91 Å². The molecule has 0 radical (unpaired) electrons. The molecular formula is C27H24FN7O2. The molecule has 5 rings (SSSR count). The van der Waals surface area contributed by atoms with Crippen LogP contribution in [0.25, 0.3) is 10.9 Å². The summed E-state index contributed by atoms with van der Waals surface area (Å²) in [6.07, 6.45) is 6.81. The zero-order valence-corrected chi connectivity index (χ0v) is 20.4. The summed E-state index contributed by atoms with van der Waals surface area (Å²) in [5, 5.41) is 11.2. The molecule has 9 nitrogen and oxygen atoms in total. The fourth-order valence-electron chi connectivity index (χ4n) is 4.00. The number of nitrogens with one attached hydrogen (secondary N) is 2. The van der Waals surface area contributed by atoms with Crippen molar-refractivity contribution in [3.8, 4) is 5.75 Å². The maximum absolute atomic E-state index is 14.5. The molecule has 186 valence electrons. The first-order valence-electron chi connectivity index (χ1n) is 11.5. The number of aryl methyl sites for hydroxylation is 2. The third kappa shape index (κ3) is 5.22. The molecule has 10 heteroatoms. The molecule has 0 saturated heterocycles. The van der Waals surface area contributed by atoms with Crippen LogP contribution in [-0.2, 0) is 7.05 Å². The number of fused-ring (bicyclic) bond motifs is 1. The van der Waals surface area contributed by atoms with E-state index < -0.39 is 11.9 Å². The summed E-state index contributed by atoms with van der Waals surface area (Å²) in [6, 6.07) is 12.9. The third-order valence-corrected chi connectivity index (χ3v) is 5.84. The van der Waals surface area contributed by atoms with Crippen molar-refractivity contribution in [3.63, 3.8) is 0 Å². The number of nitrogens with zero attached hydrogens (tertiary/aromatic N) is 5. The maximum atomic E-state index is 14.5. The largest absolute Gasteiger partial charge is 0.494 e. The number of hydrogen-bond donors (Lipinski definition) is 2. The molecule has 0 aliphatic heterocycles. The van der Waals surface area contributed by atoms with Gasteiger partial charge < -0.3 is 15.4 Å². The van der Waals surface area contributed by atoms with E-state index >= 15 is 0 Å². The number of amides is 1. The Morgan fingerprint density at radius 2 is 1.92 bits per heavy atom. The standard InChI is InChI=1S/C27H24FN7O2/c1-16-10-21(8-9-29-16)32-27-30-13-19-5-4-18(12-23(19)33-27)26(36)34-25(20-14-31-35(2)15-20)17-6-7-24(37-3)22(28)11-17/h4-15,25H,1-3H3,(H,34,36)(H,29,30,32,33)/t25-/m0/s1. The van der Waals surface area contributed by atoms with Crippen LogP contribution in [0.15, 0.2) is 73.3 Å². The van der Waals surface area contributed by atoms with Gasteiger partial charge in [0.2, 0.25) is 5.95 Å². The van der Waals surface area contributed by atoms with Gasteiger partial charge in [-0.15, -0.1) is 0 Å². The molecule has 2 N–H and O–H groups in total. The number of rotatable bonds is 7. The van der Waals surface area contributed by atoms with E-state index in [1.807, 2.05) is 19.1 Å². The van der Waals surface area contributed by atoms with Gasteiger partial charge in [0.1, 0.15) is 0 Å². The zero-order valence-electron chi connectivity index (χ0n) is 20.4. The lowest BCUT2D eigenvalue weighted by atomic mass is 10.0. The first kappa shape index (κ1) is 23.9. The monoisotopic (exact) mass is 497 g/mol. The van der Waals surface area contributed by atoms with Gasteiger partial charge in [-0.05, 0) is 48.9 Å². The molecule has 0 fully saturated rings. The highest BCUT2D eigenvalue weighted by molar-refractivity contribution is 5.98. The zero-order chi connectivity index (χ0) is 25.9. The molecule has 1 atom stereocenters. The number of anilines is 2. The van der Waals surface area contributed by atoms with Crippen molar-refractivity contribution in [2.75, 3.05) is 12.4 Å². The van der Waals surface area contributed by atoms with Gasteiger partial charge in [0.15, 0.2) is 11.6 Å². The summed E-state index contributed by atoms with van der Waals surface area (Å²) < 4.78 is 21.2. The summed E-state index contributed by atoms with van der Waals surface area (Å²) in [5.41, 5.74) is 3.95. The van der Waals surface area contributed by atoms with Crippen LogP contribution in [0.3, 0.4) is 0 Å². The van der Waals surface area contributed by atoms with Gasteiger partial charge in [-0.1, -0.05) is 12.1 Å². The predicted octanol–water partition coefficient (Wildman–Crippen LogP) is 4.48. The van der Waals surface area contributed by atoms with Gasteiger partial charge in [0.05, 0.1) is 24.9 Å². The number of hydrogen-bond acceptors (Lipinski definition) is 7. The smallest absolute Gasteiger partial charge is 0.252 e. The Morgan fingerprint density at radius 1 is 1.05 bits per heavy atom. The number of halogens is 1. The van der Waals surface area contributed by atoms with Crippen molar-refractivity contribution in [2.24, 2.45) is 7.05 Å². The second-order valence-corrected chi connectivity index (χ2v) is 8.53. The molecule has 0 saturated carbocycles. The van der Waals surface area contributed by atoms with Gasteiger partial charge in [-0.2, -0.15) is 5.10 Å². The number of aromatic nitrogens is 5. The average molecular weight is 498 g/mol. The highest BCUT2D eigenvalue weighted by Gasteiger charge is 2.21. The third-order valence-electron chi connectivity index (χ3n) is 5.84. The minimum absolute atomic E-state index is 0.126. The quantitative estimate of drug-likeness (QED) is 0.341. The molecule has 0 unspecified atom stereocenters. The Morgan fingerprint density at radius 3 is 2.65 bits per heavy atom. The van der Waals surface area contributed by atoms with E-state index in [-0.39, 0.29) is 11.7 Å². The molecule has 37 heavy (non-hydrogen) atoms. The lowest BCUT2D eigenvalue weighted by molar-refractivity contribution is 0.0943. The summed E-state index contributed by atoms with van der Waals surface area (Å²) >= 11 is 0. The van der Waals surface area contributed by atoms with Crippen LogP contribution in [-0.4, -0.2) is 37.7 Å². The fraction of sp³-hybridized carbons (Fsp3) is 0.148. The van der Waals surface area contributed by atoms with Crippen LogP contribution >= 0.6 is 0 Å². The SMILES string of the molecule is COc1ccc([C@H](NC(=O)c2ccc3cnc(Nc4ccnc(C)c4)nc3c2)c2cnn(C)c2)cc1F. The average Bonchev–Trinajstić information content (AvgIpc) is 3.32. The van der Waals surface area contributed by atoms with E-state index in [0.29, 0.717) is 28.2 Å². The van der Waals surface area contributed by atoms with Gasteiger partial charge in [0, 0.05) is 53.5 Å². The highest BCUT2D eigenvalue weighted by Crippen LogP contribution is 2.27. The molecule has 3 heterocycles. The van der Waals surface area contributed by atoms with E-state index in [4.69, 9.17) is 4.74 Å². The first-order chi connectivity index (χ1) is 17.9. The van der Waals surface area contributed by atoms with Crippen LogP contribution in [0, 0.1) is 12.7 Å². The van der Waals surface area contributed by atoms with Crippen LogP contribution < -0.4 is 15.4 Å². The lowest BCUT2D eigenvalue weighted by Gasteiger charge is -2.19. The topological polar surface area (TPSA) is 107 Å². The molecule has 2 aromatic carbocycles. The fourth-order valence-corrected chi connectivity index (χ4v) is 4.00. The molecule has 5 aromatic rings. The molecule has 0 aliphatic carbocycles. The van der Waals surface area contributed by atoms with Gasteiger partial charge in [-0.3, -0.25) is 14.5 Å². The molecule has 0 bridgehead atoms. The van der Waals surface area contributed by atoms with Crippen LogP contribution in [0.1, 0.15) is 33.2 Å². The molecule has 0 spiro atoms. The predicted molar refractivity (Wildman–Crippen MR) is 137 cm³/mol. The summed E-state index contributed by atoms with van der Waals surface area (Å²) in [7, 11) is 3.18. The molecule has 0 aliphatic rings. The number of benzene rings is 2.